The zero-order chi connectivity index (χ0) is 29.8. The molecule has 7 nitrogen and oxygen atoms in total. The number of rotatable bonds is 8. The first-order chi connectivity index (χ1) is 20.2. The zero-order valence-corrected chi connectivity index (χ0v) is 24.9. The van der Waals surface area contributed by atoms with Crippen LogP contribution in [0.15, 0.2) is 79.0 Å². The number of fused-ring (bicyclic) bond motifs is 2. The molecule has 1 aliphatic rings. The van der Waals surface area contributed by atoms with Gasteiger partial charge in [0.2, 0.25) is 17.7 Å². The van der Waals surface area contributed by atoms with Crippen molar-refractivity contribution in [2.45, 2.75) is 64.6 Å². The van der Waals surface area contributed by atoms with Crippen LogP contribution in [0.3, 0.4) is 0 Å². The zero-order valence-electron chi connectivity index (χ0n) is 24.9. The summed E-state index contributed by atoms with van der Waals surface area (Å²) >= 11 is 0. The van der Waals surface area contributed by atoms with E-state index in [9.17, 15) is 14.4 Å². The molecule has 0 bridgehead atoms. The normalized spacial score (nSPS) is 18.4. The van der Waals surface area contributed by atoms with Crippen LogP contribution in [0.2, 0.25) is 0 Å². The Hall–Kier alpha value is -4.26. The van der Waals surface area contributed by atoms with E-state index in [2.05, 4.69) is 48.4 Å². The van der Waals surface area contributed by atoms with Crippen LogP contribution in [-0.4, -0.2) is 64.2 Å². The van der Waals surface area contributed by atoms with E-state index in [4.69, 9.17) is 0 Å². The van der Waals surface area contributed by atoms with Crippen LogP contribution in [0.25, 0.3) is 21.7 Å². The van der Waals surface area contributed by atoms with Gasteiger partial charge in [-0.2, -0.15) is 0 Å². The van der Waals surface area contributed by atoms with E-state index in [1.165, 1.54) is 0 Å². The molecule has 3 amide bonds. The summed E-state index contributed by atoms with van der Waals surface area (Å²) in [5.74, 6) is -0.236. The molecule has 0 unspecified atom stereocenters. The molecule has 3 atom stereocenters. The largest absolute Gasteiger partial charge is 0.357 e. The molecule has 7 heteroatoms. The molecule has 1 N–H and O–H groups in total. The van der Waals surface area contributed by atoms with Crippen molar-refractivity contribution >= 4 is 39.4 Å². The summed E-state index contributed by atoms with van der Waals surface area (Å²) in [6.07, 6.45) is 3.49. The van der Waals surface area contributed by atoms with E-state index in [1.807, 2.05) is 55.5 Å². The fraction of sp³-hybridized carbons (Fsp3) is 0.371. The monoisotopic (exact) mass is 564 g/mol. The first-order valence-electron chi connectivity index (χ1n) is 14.9. The molecule has 0 aliphatic carbocycles. The van der Waals surface area contributed by atoms with Gasteiger partial charge in [0, 0.05) is 37.6 Å². The number of amides is 3. The van der Waals surface area contributed by atoms with Gasteiger partial charge in [-0.05, 0) is 65.8 Å². The molecule has 5 rings (SSSR count). The van der Waals surface area contributed by atoms with Crippen LogP contribution >= 0.6 is 0 Å². The molecular formula is C35H40N4O3. The van der Waals surface area contributed by atoms with Crippen LogP contribution in [0.5, 0.6) is 0 Å². The average Bonchev–Trinajstić information content (AvgIpc) is 3.10. The Morgan fingerprint density at radius 1 is 0.952 bits per heavy atom. The predicted octanol–water partition coefficient (Wildman–Crippen LogP) is 5.15. The van der Waals surface area contributed by atoms with E-state index in [0.717, 1.165) is 32.8 Å². The molecule has 0 radical (unpaired) electrons. The Morgan fingerprint density at radius 2 is 1.67 bits per heavy atom. The maximum atomic E-state index is 14.4. The minimum Gasteiger partial charge on any atom is -0.357 e. The number of hydrogen-bond acceptors (Lipinski definition) is 4. The molecular weight excluding hydrogens is 524 g/mol. The van der Waals surface area contributed by atoms with Crippen molar-refractivity contribution in [1.82, 2.24) is 20.1 Å². The lowest BCUT2D eigenvalue weighted by atomic mass is 9.97. The molecule has 4 aromatic rings. The second-order valence-electron chi connectivity index (χ2n) is 11.8. The molecule has 2 heterocycles. The first-order valence-corrected chi connectivity index (χ1v) is 14.9. The van der Waals surface area contributed by atoms with Crippen molar-refractivity contribution in [1.29, 1.82) is 0 Å². The lowest BCUT2D eigenvalue weighted by Crippen LogP contribution is -2.56. The molecule has 42 heavy (non-hydrogen) atoms. The summed E-state index contributed by atoms with van der Waals surface area (Å²) in [5.41, 5.74) is 2.77. The molecule has 218 valence electrons. The van der Waals surface area contributed by atoms with Gasteiger partial charge in [-0.3, -0.25) is 19.4 Å². The summed E-state index contributed by atoms with van der Waals surface area (Å²) in [6, 6.07) is 22.6. The Labute approximate surface area is 247 Å². The molecule has 1 fully saturated rings. The highest BCUT2D eigenvalue weighted by Gasteiger charge is 2.42. The quantitative estimate of drug-likeness (QED) is 0.321. The third kappa shape index (κ3) is 6.30. The number of carbonyl (C=O) groups excluding carboxylic acids is 3. The van der Waals surface area contributed by atoms with Gasteiger partial charge in [0.1, 0.15) is 12.1 Å². The minimum atomic E-state index is -0.673. The van der Waals surface area contributed by atoms with Crippen LogP contribution in [0, 0.1) is 5.92 Å². The van der Waals surface area contributed by atoms with E-state index in [1.54, 1.807) is 23.0 Å². The number of nitrogens with zero attached hydrogens (tertiary/aromatic N) is 3. The molecule has 0 saturated carbocycles. The maximum Gasteiger partial charge on any atom is 0.246 e. The SMILES string of the molecule is CNC(=O)[C@H](Cc1ccc2ccccc2c1)N1CC[C@@H](C)N(C(=O)Cc2ccc3ncccc3c2)[C@@H](CC(C)C)C1=O. The summed E-state index contributed by atoms with van der Waals surface area (Å²) < 4.78 is 0. The number of likely N-dealkylation sites (N-methyl/N-ethyl adjacent to an activating group) is 1. The van der Waals surface area contributed by atoms with Gasteiger partial charge in [-0.25, -0.2) is 0 Å². The number of aromatic nitrogens is 1. The van der Waals surface area contributed by atoms with Gasteiger partial charge in [-0.15, -0.1) is 0 Å². The summed E-state index contributed by atoms with van der Waals surface area (Å²) in [5, 5.41) is 6.00. The third-order valence-electron chi connectivity index (χ3n) is 8.34. The summed E-state index contributed by atoms with van der Waals surface area (Å²) in [7, 11) is 1.61. The third-order valence-corrected chi connectivity index (χ3v) is 8.34. The van der Waals surface area contributed by atoms with Crippen molar-refractivity contribution < 1.29 is 14.4 Å². The van der Waals surface area contributed by atoms with E-state index < -0.39 is 12.1 Å². The van der Waals surface area contributed by atoms with Crippen molar-refractivity contribution in [3.63, 3.8) is 0 Å². The Bertz CT molecular complexity index is 1600. The number of carbonyl (C=O) groups is 3. The van der Waals surface area contributed by atoms with E-state index in [-0.39, 0.29) is 36.1 Å². The van der Waals surface area contributed by atoms with Crippen molar-refractivity contribution in [3.05, 3.63) is 90.1 Å². The number of benzene rings is 3. The van der Waals surface area contributed by atoms with E-state index in [0.29, 0.717) is 25.8 Å². The Morgan fingerprint density at radius 3 is 2.43 bits per heavy atom. The second-order valence-corrected chi connectivity index (χ2v) is 11.8. The second kappa shape index (κ2) is 12.7. The van der Waals surface area contributed by atoms with Gasteiger partial charge < -0.3 is 15.1 Å². The van der Waals surface area contributed by atoms with Crippen molar-refractivity contribution in [2.24, 2.45) is 5.92 Å². The summed E-state index contributed by atoms with van der Waals surface area (Å²) in [6.45, 7) is 6.56. The van der Waals surface area contributed by atoms with Crippen LogP contribution in [0.1, 0.15) is 44.7 Å². The van der Waals surface area contributed by atoms with Gasteiger partial charge in [0.25, 0.3) is 0 Å². The van der Waals surface area contributed by atoms with Crippen molar-refractivity contribution in [2.75, 3.05) is 13.6 Å². The first kappa shape index (κ1) is 29.2. The van der Waals surface area contributed by atoms with Gasteiger partial charge in [0.05, 0.1) is 11.9 Å². The predicted molar refractivity (Wildman–Crippen MR) is 167 cm³/mol. The standard InChI is InChI=1S/C35H40N4O3/c1-23(2)18-32-35(42)38(31(34(41)36-4)21-25-11-13-27-8-5-6-9-28(27)19-25)17-15-24(3)39(32)33(40)22-26-12-14-30-29(20-26)10-7-16-37-30/h5-14,16,19-20,23-24,31-32H,15,17-18,21-22H2,1-4H3,(H,36,41)/t24-,31+,32+/m1/s1. The minimum absolute atomic E-state index is 0.0717. The number of hydrogen-bond donors (Lipinski definition) is 1. The van der Waals surface area contributed by atoms with E-state index >= 15 is 0 Å². The number of pyridine rings is 1. The highest BCUT2D eigenvalue weighted by molar-refractivity contribution is 5.93. The van der Waals surface area contributed by atoms with Crippen LogP contribution in [0.4, 0.5) is 0 Å². The van der Waals surface area contributed by atoms with Gasteiger partial charge in [-0.1, -0.05) is 68.4 Å². The molecule has 1 aliphatic heterocycles. The maximum absolute atomic E-state index is 14.4. The highest BCUT2D eigenvalue weighted by atomic mass is 16.2. The molecule has 3 aromatic carbocycles. The summed E-state index contributed by atoms with van der Waals surface area (Å²) in [4.78, 5) is 49.6. The molecule has 0 spiro atoms. The average molecular weight is 565 g/mol. The van der Waals surface area contributed by atoms with Gasteiger partial charge in [0.15, 0.2) is 0 Å². The highest BCUT2D eigenvalue weighted by Crippen LogP contribution is 2.27. The Kier molecular flexibility index (Phi) is 8.86. The van der Waals surface area contributed by atoms with Crippen molar-refractivity contribution in [3.8, 4) is 0 Å². The van der Waals surface area contributed by atoms with Gasteiger partial charge >= 0.3 is 0 Å². The number of nitrogens with one attached hydrogen (secondary N) is 1. The fourth-order valence-corrected chi connectivity index (χ4v) is 6.18. The lowest BCUT2D eigenvalue weighted by molar-refractivity contribution is -0.148. The van der Waals surface area contributed by atoms with Crippen LogP contribution in [-0.2, 0) is 27.2 Å². The topological polar surface area (TPSA) is 82.6 Å². The molecule has 1 saturated heterocycles. The fourth-order valence-electron chi connectivity index (χ4n) is 6.18. The Balaban J connectivity index is 1.44. The smallest absolute Gasteiger partial charge is 0.246 e. The van der Waals surface area contributed by atoms with Crippen LogP contribution < -0.4 is 5.32 Å². The lowest BCUT2D eigenvalue weighted by Gasteiger charge is -2.36. The molecule has 1 aromatic heterocycles.